The van der Waals surface area contributed by atoms with Gasteiger partial charge in [0, 0.05) is 12.8 Å². The van der Waals surface area contributed by atoms with Crippen molar-refractivity contribution in [2.45, 2.75) is 303 Å². The van der Waals surface area contributed by atoms with Gasteiger partial charge in [0.1, 0.15) is 6.79 Å². The van der Waals surface area contributed by atoms with Crippen LogP contribution in [0, 0.1) is 0 Å². The number of halogens is 26. The number of alkyl halides is 26. The Balaban J connectivity index is 4.74. The molecule has 0 aliphatic heterocycles. The predicted octanol–water partition coefficient (Wildman–Crippen LogP) is 20.8. The van der Waals surface area contributed by atoms with Crippen molar-refractivity contribution < 1.29 is 143 Å². The van der Waals surface area contributed by atoms with Gasteiger partial charge in [-0.2, -0.15) is 114 Å². The molecule has 0 radical (unpaired) electrons. The summed E-state index contributed by atoms with van der Waals surface area (Å²) in [5.41, 5.74) is 0. The van der Waals surface area contributed by atoms with E-state index in [-0.39, 0.29) is 31.8 Å². The Morgan fingerprint density at radius 1 is 0.294 bits per heavy atom. The van der Waals surface area contributed by atoms with Gasteiger partial charge in [0.05, 0.1) is 38.3 Å². The van der Waals surface area contributed by atoms with E-state index in [4.69, 9.17) is 9.47 Å². The van der Waals surface area contributed by atoms with Crippen molar-refractivity contribution in [3.8, 4) is 0 Å². The molecule has 2 unspecified atom stereocenters. The first-order chi connectivity index (χ1) is 38.9. The van der Waals surface area contributed by atoms with E-state index in [2.05, 4.69) is 23.3 Å². The molecule has 0 aromatic heterocycles. The van der Waals surface area contributed by atoms with Gasteiger partial charge < -0.3 is 18.9 Å². The first-order valence-electron chi connectivity index (χ1n) is 28.3. The molecule has 0 heterocycles. The minimum Gasteiger partial charge on any atom is -0.465 e. The smallest absolute Gasteiger partial charge is 0.460 e. The number of hydrogen-bond donors (Lipinski definition) is 0. The van der Waals surface area contributed by atoms with Crippen LogP contribution in [0.1, 0.15) is 219 Å². The third-order valence-electron chi connectivity index (χ3n) is 14.0. The summed E-state index contributed by atoms with van der Waals surface area (Å²) in [4.78, 5) is 23.8. The number of carbonyl (C=O) groups excluding carboxylic acids is 2. The molecule has 0 saturated heterocycles. The monoisotopic (exact) mass is 1300 g/mol. The highest BCUT2D eigenvalue weighted by atomic mass is 19.4. The highest BCUT2D eigenvalue weighted by molar-refractivity contribution is 5.69. The van der Waals surface area contributed by atoms with Crippen molar-refractivity contribution in [2.24, 2.45) is 0 Å². The van der Waals surface area contributed by atoms with Gasteiger partial charge in [-0.15, -0.1) is 0 Å². The molecular weight excluding hydrogens is 1230 g/mol. The van der Waals surface area contributed by atoms with Crippen molar-refractivity contribution in [1.82, 2.24) is 0 Å². The van der Waals surface area contributed by atoms with Gasteiger partial charge in [0.15, 0.2) is 0 Å². The van der Waals surface area contributed by atoms with E-state index in [1.807, 2.05) is 0 Å². The number of carbonyl (C=O) groups is 2. The van der Waals surface area contributed by atoms with Crippen molar-refractivity contribution in [1.29, 1.82) is 0 Å². The minimum absolute atomic E-state index is 0.0534. The number of unbranched alkanes of at least 4 members (excludes halogenated alkanes) is 20. The van der Waals surface area contributed by atoms with E-state index in [9.17, 15) is 124 Å². The molecule has 0 N–H and O–H groups in total. The molecule has 0 amide bonds. The fraction of sp³-hybridized carbons (Fsp3) is 0.962. The zero-order chi connectivity index (χ0) is 65.9. The van der Waals surface area contributed by atoms with E-state index in [1.165, 1.54) is 0 Å². The molecule has 6 nitrogen and oxygen atoms in total. The van der Waals surface area contributed by atoms with Gasteiger partial charge in [0.2, 0.25) is 0 Å². The lowest BCUT2D eigenvalue weighted by Gasteiger charge is -2.39. The van der Waals surface area contributed by atoms with Gasteiger partial charge in [0.25, 0.3) is 0 Å². The molecule has 85 heavy (non-hydrogen) atoms. The molecule has 0 aliphatic carbocycles. The molecule has 0 aromatic rings. The Hall–Kier alpha value is -2.96. The van der Waals surface area contributed by atoms with E-state index < -0.39 is 122 Å². The summed E-state index contributed by atoms with van der Waals surface area (Å²) in [7, 11) is 0. The molecule has 0 saturated carbocycles. The molecule has 2 atom stereocenters. The van der Waals surface area contributed by atoms with Crippen LogP contribution in [-0.2, 0) is 28.5 Å². The van der Waals surface area contributed by atoms with Crippen LogP contribution in [0.5, 0.6) is 0 Å². The topological polar surface area (TPSA) is 71.1 Å². The number of esters is 2. The first-order valence-corrected chi connectivity index (χ1v) is 28.3. The molecular formula is C53H78F26O6. The maximum absolute atomic E-state index is 13.9. The second-order valence-corrected chi connectivity index (χ2v) is 21.1. The molecule has 0 aromatic carbocycles. The number of rotatable bonds is 50. The normalized spacial score (nSPS) is 14.9. The third-order valence-corrected chi connectivity index (χ3v) is 14.0. The van der Waals surface area contributed by atoms with Gasteiger partial charge in [-0.05, 0) is 38.5 Å². The zero-order valence-corrected chi connectivity index (χ0v) is 47.2. The van der Waals surface area contributed by atoms with E-state index in [1.54, 1.807) is 0 Å². The van der Waals surface area contributed by atoms with Crippen LogP contribution in [0.3, 0.4) is 0 Å². The molecule has 32 heteroatoms. The molecule has 0 spiro atoms. The lowest BCUT2D eigenvalue weighted by atomic mass is 9.93. The van der Waals surface area contributed by atoms with Crippen molar-refractivity contribution in [3.63, 3.8) is 0 Å². The summed E-state index contributed by atoms with van der Waals surface area (Å²) in [6, 6.07) is 0. The lowest BCUT2D eigenvalue weighted by molar-refractivity contribution is -0.440. The molecule has 0 fully saturated rings. The average molecular weight is 1310 g/mol. The Morgan fingerprint density at radius 3 is 0.765 bits per heavy atom. The second-order valence-electron chi connectivity index (χ2n) is 21.1. The first kappa shape index (κ1) is 82.0. The fourth-order valence-corrected chi connectivity index (χ4v) is 8.50. The Kier molecular flexibility index (Phi) is 34.8. The van der Waals surface area contributed by atoms with E-state index in [0.717, 1.165) is 128 Å². The maximum atomic E-state index is 13.9. The van der Waals surface area contributed by atoms with Crippen molar-refractivity contribution >= 4 is 11.9 Å². The lowest BCUT2D eigenvalue weighted by Crippen LogP contribution is -2.70. The number of ether oxygens (including phenoxy) is 4. The fourth-order valence-electron chi connectivity index (χ4n) is 8.50. The number of hydrogen-bond acceptors (Lipinski definition) is 6. The standard InChI is InChI=1S/C53H78F26O6/c1-3-5-7-21-27-38(29-23-17-13-9-11-15-19-25-31-40(80)82-35-33-42(54,55)44(58,59)46(62,63)48(66,67)50(70,71)52(74,75)76)84-37-85-39(28-22-8-6-4-2)30-24-18-14-10-12-16-20-26-32-41(81)83-36-34-43(56,57)45(60,61)47(64,65)49(68,69)51(72,73)53(77,78)79/h38-39H,3-37H2,1-2H3. The molecule has 0 rings (SSSR count). The highest BCUT2D eigenvalue weighted by Gasteiger charge is 2.92. The van der Waals surface area contributed by atoms with Crippen LogP contribution < -0.4 is 0 Å². The van der Waals surface area contributed by atoms with Gasteiger partial charge in [-0.1, -0.05) is 155 Å². The SMILES string of the molecule is CCCCCCC(CCCCCCCCCCC(=O)OCCC(F)(F)C(F)(F)C(F)(F)C(F)(F)C(F)(F)C(F)(F)F)OCOC(CCCCCC)CCCCCCCCCCC(=O)OCCC(F)(F)C(F)(F)C(F)(F)C(F)(F)C(F)(F)C(F)(F)F. The van der Waals surface area contributed by atoms with Crippen molar-refractivity contribution in [3.05, 3.63) is 0 Å². The molecule has 0 aliphatic rings. The average Bonchev–Trinajstić information content (AvgIpc) is 0.859. The van der Waals surface area contributed by atoms with Crippen LogP contribution in [0.25, 0.3) is 0 Å². The zero-order valence-electron chi connectivity index (χ0n) is 47.2. The van der Waals surface area contributed by atoms with Gasteiger partial charge in [-0.3, -0.25) is 9.59 Å². The van der Waals surface area contributed by atoms with Gasteiger partial charge >= 0.3 is 83.5 Å². The van der Waals surface area contributed by atoms with Crippen LogP contribution >= 0.6 is 0 Å². The molecule has 508 valence electrons. The Labute approximate surface area is 477 Å². The van der Waals surface area contributed by atoms with Crippen molar-refractivity contribution in [2.75, 3.05) is 20.0 Å². The largest absolute Gasteiger partial charge is 0.465 e. The summed E-state index contributed by atoms with van der Waals surface area (Å²) < 4.78 is 366. The van der Waals surface area contributed by atoms with Crippen LogP contribution in [-0.4, -0.2) is 116 Å². The van der Waals surface area contributed by atoms with Crippen LogP contribution in [0.2, 0.25) is 0 Å². The summed E-state index contributed by atoms with van der Waals surface area (Å²) in [5.74, 6) is -77.6. The summed E-state index contributed by atoms with van der Waals surface area (Å²) in [6.07, 6.45) is 0.423. The predicted molar refractivity (Wildman–Crippen MR) is 257 cm³/mol. The van der Waals surface area contributed by atoms with Crippen LogP contribution in [0.4, 0.5) is 114 Å². The summed E-state index contributed by atoms with van der Waals surface area (Å²) >= 11 is 0. The Morgan fingerprint density at radius 2 is 0.518 bits per heavy atom. The van der Waals surface area contributed by atoms with Crippen LogP contribution in [0.15, 0.2) is 0 Å². The van der Waals surface area contributed by atoms with Gasteiger partial charge in [-0.25, -0.2) is 0 Å². The maximum Gasteiger partial charge on any atom is 0.460 e. The van der Waals surface area contributed by atoms with E-state index in [0.29, 0.717) is 38.5 Å². The minimum atomic E-state index is -8.01. The van der Waals surface area contributed by atoms with E-state index >= 15 is 0 Å². The summed E-state index contributed by atoms with van der Waals surface area (Å²) in [5, 5.41) is 0. The Bertz CT molecular complexity index is 1720. The third kappa shape index (κ3) is 24.1. The quantitative estimate of drug-likeness (QED) is 0.0262. The second kappa shape index (κ2) is 36.0. The molecule has 0 bridgehead atoms. The summed E-state index contributed by atoms with van der Waals surface area (Å²) in [6.45, 7) is 0.698. The highest BCUT2D eigenvalue weighted by Crippen LogP contribution is 2.62.